The zero-order valence-corrected chi connectivity index (χ0v) is 74.9. The van der Waals surface area contributed by atoms with Crippen LogP contribution in [0, 0.1) is 55.4 Å². The minimum atomic E-state index is -4.72. The van der Waals surface area contributed by atoms with Crippen molar-refractivity contribution in [2.45, 2.75) is 82.9 Å². The molecule has 32 heteroatoms. The third-order valence-electron chi connectivity index (χ3n) is 21.9. The molecule has 4 aliphatic rings. The maximum absolute atomic E-state index is 12.4. The second-order valence-electron chi connectivity index (χ2n) is 30.5. The number of hydrogen-bond donors (Lipinski definition) is 2. The van der Waals surface area contributed by atoms with Gasteiger partial charge in [0.15, 0.2) is 0 Å². The molecule has 0 radical (unpaired) electrons. The van der Waals surface area contributed by atoms with Gasteiger partial charge in [-0.25, -0.2) is 34.4 Å². The molecule has 26 nitrogen and oxygen atoms in total. The number of piperazine rings is 2. The molecule has 2 saturated heterocycles. The maximum Gasteiger partial charge on any atom is 0.425 e. The summed E-state index contributed by atoms with van der Waals surface area (Å²) >= 11 is 1.12. The standard InChI is InChI=1S/2C37H32O4S.C19H28N8O7S3.O3S/c2*1-23-9-7-10-24(2)32(23)19-27-15-17-29-34(21-27)41-35-22-28(20-33-25(3)11-8-12-26(33)4)16-18-30(35)37(29)31-13-5-6-14-36(31)42(38,39)40;1-33-34-35-26-10-6-24(7-11-26)18-21-17(20-15-4-3-5-16(14-15)37(30,31)32)22-19(23-18)25-8-12-27(13-9-25)36(2,28)29;1-4(2)3/h2*5-19,21-22H,20H2,1-4H3,(H,38,39,40);3-5,14H,6-13H2,1-2H3,(H,30,31,32)(H,20,21,22,23);/p-2/b2*27-19+;;. The van der Waals surface area contributed by atoms with Gasteiger partial charge in [0.05, 0.1) is 28.1 Å². The Balaban J connectivity index is 0.000000158. The van der Waals surface area contributed by atoms with Gasteiger partial charge in [0.1, 0.15) is 55.5 Å². The molecular weight excluding hydrogens is 1710 g/mol. The summed E-state index contributed by atoms with van der Waals surface area (Å²) in [5.74, 6) is 3.44. The Morgan fingerprint density at radius 3 is 1.24 bits per heavy atom. The number of rotatable bonds is 19. The molecule has 2 fully saturated rings. The van der Waals surface area contributed by atoms with E-state index >= 15 is 0 Å². The number of nitrogens with one attached hydrogen (secondary N) is 1. The molecule has 16 rings (SSSR count). The Kier molecular flexibility index (Phi) is 28.3. The largest absolute Gasteiger partial charge is 0.744 e. The second-order valence-corrected chi connectivity index (χ2v) is 37.8. The van der Waals surface area contributed by atoms with Gasteiger partial charge in [0.25, 0.3) is 10.1 Å². The van der Waals surface area contributed by atoms with Crippen LogP contribution < -0.4 is 45.5 Å². The van der Waals surface area contributed by atoms with Gasteiger partial charge in [0.2, 0.25) is 27.9 Å². The first-order valence-corrected chi connectivity index (χ1v) is 47.4. The van der Waals surface area contributed by atoms with E-state index in [1.54, 1.807) is 42.5 Å². The minimum absolute atomic E-state index is 0.178. The number of sulfonamides is 1. The molecule has 125 heavy (non-hydrogen) atoms. The molecule has 4 aliphatic heterocycles. The van der Waals surface area contributed by atoms with Crippen molar-refractivity contribution in [1.29, 1.82) is 0 Å². The molecule has 0 amide bonds. The Morgan fingerprint density at radius 1 is 0.456 bits per heavy atom. The summed E-state index contributed by atoms with van der Waals surface area (Å²) in [6, 6.07) is 67.5. The molecule has 648 valence electrons. The lowest BCUT2D eigenvalue weighted by Gasteiger charge is -2.35. The van der Waals surface area contributed by atoms with Crippen LogP contribution in [0.5, 0.6) is 23.0 Å². The Bertz CT molecular complexity index is 6680. The summed E-state index contributed by atoms with van der Waals surface area (Å²) in [6.45, 7) is 20.7. The third kappa shape index (κ3) is 22.2. The summed E-state index contributed by atoms with van der Waals surface area (Å²) in [5.41, 5.74) is 20.5. The third-order valence-corrected chi connectivity index (χ3v) is 26.7. The topological polar surface area (TPSA) is 355 Å². The quantitative estimate of drug-likeness (QED) is 0.0250. The SMILES string of the molecule is COOSN1CCN(c2nc(Nc3cccc(S(=O)(=O)O)c3)nc(N3CCN(S(C)(=O)=O)CC3)n2)CC1.Cc1cccc(C)c1/C=c1\ccc2c(c1)Oc1cc(Cc3c(C)cccc3C)ccc1C=2c1ccccc1S(=O)(=O)[O-].Cc1cccc(C)c1/C=c1\ccc2c(c1)Oc1cc(Cc3c(C)cccc3C)ccc1C=2c1ccccc1S(=O)(=O)[O-].O=S(=O)=O. The molecule has 2 N–H and O–H groups in total. The van der Waals surface area contributed by atoms with Gasteiger partial charge < -0.3 is 33.7 Å². The van der Waals surface area contributed by atoms with Crippen LogP contribution in [0.3, 0.4) is 0 Å². The summed E-state index contributed by atoms with van der Waals surface area (Å²) < 4.78 is 177. The van der Waals surface area contributed by atoms with E-state index in [1.807, 2.05) is 86.9 Å². The van der Waals surface area contributed by atoms with Gasteiger partial charge in [-0.2, -0.15) is 27.7 Å². The smallest absolute Gasteiger partial charge is 0.425 e. The zero-order chi connectivity index (χ0) is 89.4. The molecule has 0 saturated carbocycles. The number of fused-ring (bicyclic) bond motifs is 4. The highest BCUT2D eigenvalue weighted by atomic mass is 32.2. The average Bonchev–Trinajstić information content (AvgIpc) is 0.745. The number of nitrogens with zero attached hydrogens (tertiary/aromatic N) is 7. The van der Waals surface area contributed by atoms with Gasteiger partial charge in [-0.15, -0.1) is 17.0 Å². The first kappa shape index (κ1) is 91.1. The lowest BCUT2D eigenvalue weighted by Crippen LogP contribution is -2.49. The maximum atomic E-state index is 12.4. The number of anilines is 4. The van der Waals surface area contributed by atoms with Crippen LogP contribution in [-0.4, -0.2) is 149 Å². The number of hydrogen-bond acceptors (Lipinski definition) is 25. The van der Waals surface area contributed by atoms with E-state index in [0.717, 1.165) is 79.3 Å². The van der Waals surface area contributed by atoms with Crippen LogP contribution in [0.15, 0.2) is 233 Å². The molecule has 0 unspecified atom stereocenters. The lowest BCUT2D eigenvalue weighted by atomic mass is 9.90. The molecule has 0 aliphatic carbocycles. The molecule has 0 spiro atoms. The van der Waals surface area contributed by atoms with Crippen molar-refractivity contribution in [3.05, 3.63) is 339 Å². The van der Waals surface area contributed by atoms with Crippen molar-refractivity contribution < 1.29 is 78.7 Å². The number of benzene rings is 11. The fourth-order valence-electron chi connectivity index (χ4n) is 15.6. The molecule has 0 bridgehead atoms. The van der Waals surface area contributed by atoms with E-state index in [0.29, 0.717) is 115 Å². The van der Waals surface area contributed by atoms with E-state index in [1.165, 1.54) is 104 Å². The minimum Gasteiger partial charge on any atom is -0.744 e. The summed E-state index contributed by atoms with van der Waals surface area (Å²) in [4.78, 5) is 21.5. The molecule has 0 atom stereocenters. The van der Waals surface area contributed by atoms with E-state index in [-0.39, 0.29) is 20.6 Å². The summed E-state index contributed by atoms with van der Waals surface area (Å²) in [6.07, 6.45) is 6.93. The predicted octanol–water partition coefficient (Wildman–Crippen LogP) is 12.4. The molecule has 11 aromatic carbocycles. The van der Waals surface area contributed by atoms with Crippen molar-refractivity contribution in [2.75, 3.05) is 80.8 Å². The van der Waals surface area contributed by atoms with Crippen molar-refractivity contribution >= 4 is 110 Å². The Morgan fingerprint density at radius 2 is 0.848 bits per heavy atom. The lowest BCUT2D eigenvalue weighted by molar-refractivity contribution is -0.163. The van der Waals surface area contributed by atoms with Crippen LogP contribution >= 0.6 is 12.2 Å². The average molecular weight is 1800 g/mol. The fraction of sp³-hybridized carbons (Fsp3) is 0.215. The van der Waals surface area contributed by atoms with E-state index in [9.17, 15) is 47.3 Å². The number of ether oxygens (including phenoxy) is 2. The van der Waals surface area contributed by atoms with Crippen LogP contribution in [0.2, 0.25) is 0 Å². The van der Waals surface area contributed by atoms with Gasteiger partial charge in [-0.1, -0.05) is 152 Å². The Labute approximate surface area is 733 Å². The van der Waals surface area contributed by atoms with Crippen LogP contribution in [0.4, 0.5) is 23.5 Å². The van der Waals surface area contributed by atoms with Crippen molar-refractivity contribution in [3.63, 3.8) is 0 Å². The van der Waals surface area contributed by atoms with Crippen molar-refractivity contribution in [2.24, 2.45) is 0 Å². The van der Waals surface area contributed by atoms with Gasteiger partial charge in [0, 0.05) is 102 Å². The zero-order valence-electron chi connectivity index (χ0n) is 70.0. The van der Waals surface area contributed by atoms with Gasteiger partial charge >= 0.3 is 10.6 Å². The van der Waals surface area contributed by atoms with E-state index in [4.69, 9.17) is 26.4 Å². The fourth-order valence-corrected chi connectivity index (χ4v) is 18.8. The van der Waals surface area contributed by atoms with Gasteiger partial charge in [-0.05, 0) is 235 Å². The second kappa shape index (κ2) is 38.9. The first-order valence-electron chi connectivity index (χ1n) is 39.6. The van der Waals surface area contributed by atoms with Crippen molar-refractivity contribution in [1.82, 2.24) is 23.6 Å². The normalized spacial score (nSPS) is 14.3. The van der Waals surface area contributed by atoms with E-state index in [2.05, 4.69) is 165 Å². The highest BCUT2D eigenvalue weighted by Gasteiger charge is 2.31. The van der Waals surface area contributed by atoms with E-state index < -0.39 is 51.0 Å². The monoisotopic (exact) mass is 1800 g/mol. The number of aromatic nitrogens is 3. The van der Waals surface area contributed by atoms with Crippen LogP contribution in [0.1, 0.15) is 100 Å². The van der Waals surface area contributed by atoms with Crippen LogP contribution in [-0.2, 0) is 73.0 Å². The molecular formula is C93H90N8O18S6-2. The van der Waals surface area contributed by atoms with Gasteiger partial charge in [-0.3, -0.25) is 4.55 Å². The van der Waals surface area contributed by atoms with Crippen molar-refractivity contribution in [3.8, 4) is 23.0 Å². The first-order chi connectivity index (χ1) is 59.4. The predicted molar refractivity (Wildman–Crippen MR) is 480 cm³/mol. The molecule has 12 aromatic rings. The Hall–Kier alpha value is -11.6. The summed E-state index contributed by atoms with van der Waals surface area (Å²) in [5, 5.41) is 6.40. The highest BCUT2D eigenvalue weighted by Crippen LogP contribution is 2.42. The molecule has 1 aromatic heterocycles. The number of aryl methyl sites for hydroxylation is 8. The summed E-state index contributed by atoms with van der Waals surface area (Å²) in [7, 11) is -18.8. The highest BCUT2D eigenvalue weighted by molar-refractivity contribution is 7.92. The van der Waals surface area contributed by atoms with Crippen LogP contribution in [0.25, 0.3) is 23.3 Å². The molecule has 5 heterocycles.